The van der Waals surface area contributed by atoms with Crippen molar-refractivity contribution in [1.29, 1.82) is 0 Å². The Bertz CT molecular complexity index is 648. The Kier molecular flexibility index (Phi) is 4.63. The van der Waals surface area contributed by atoms with Gasteiger partial charge in [-0.3, -0.25) is 10.1 Å². The van der Waals surface area contributed by atoms with E-state index in [-0.39, 0.29) is 23.5 Å². The van der Waals surface area contributed by atoms with Gasteiger partial charge in [0.1, 0.15) is 12.1 Å². The molecular formula is C12H12BrN5O3. The Morgan fingerprint density at radius 2 is 2.10 bits per heavy atom. The highest BCUT2D eigenvalue weighted by Crippen LogP contribution is 2.32. The fourth-order valence-corrected chi connectivity index (χ4v) is 1.73. The number of nitrogens with one attached hydrogen (secondary N) is 1. The zero-order valence-corrected chi connectivity index (χ0v) is 12.9. The van der Waals surface area contributed by atoms with Crippen molar-refractivity contribution in [2.24, 2.45) is 0 Å². The molecule has 8 nitrogen and oxygen atoms in total. The van der Waals surface area contributed by atoms with Gasteiger partial charge in [-0.25, -0.2) is 9.97 Å². The molecule has 0 aliphatic carbocycles. The number of hydrogen-bond acceptors (Lipinski definition) is 7. The second-order valence-electron chi connectivity index (χ2n) is 4.29. The topological polar surface area (TPSA) is 103 Å². The Morgan fingerprint density at radius 1 is 1.33 bits per heavy atom. The molecule has 2 aromatic heterocycles. The third-order valence-corrected chi connectivity index (χ3v) is 2.76. The lowest BCUT2D eigenvalue weighted by Gasteiger charge is -2.11. The summed E-state index contributed by atoms with van der Waals surface area (Å²) in [5, 5.41) is 14.0. The van der Waals surface area contributed by atoms with E-state index in [4.69, 9.17) is 4.74 Å². The molecule has 9 heteroatoms. The quantitative estimate of drug-likeness (QED) is 0.650. The number of pyridine rings is 1. The van der Waals surface area contributed by atoms with Crippen molar-refractivity contribution in [3.05, 3.63) is 39.2 Å². The van der Waals surface area contributed by atoms with Crippen LogP contribution in [0.2, 0.25) is 0 Å². The highest BCUT2D eigenvalue weighted by atomic mass is 79.9. The lowest BCUT2D eigenvalue weighted by atomic mass is 10.4. The summed E-state index contributed by atoms with van der Waals surface area (Å²) in [6, 6.07) is 3.42. The van der Waals surface area contributed by atoms with E-state index in [0.29, 0.717) is 5.82 Å². The Morgan fingerprint density at radius 3 is 2.67 bits per heavy atom. The number of aromatic nitrogens is 3. The van der Waals surface area contributed by atoms with Gasteiger partial charge in [-0.05, 0) is 41.9 Å². The van der Waals surface area contributed by atoms with Crippen molar-refractivity contribution in [3.63, 3.8) is 0 Å². The maximum absolute atomic E-state index is 11.2. The van der Waals surface area contributed by atoms with Gasteiger partial charge in [0.25, 0.3) is 5.88 Å². The number of anilines is 2. The molecule has 0 aliphatic rings. The van der Waals surface area contributed by atoms with Gasteiger partial charge < -0.3 is 10.1 Å². The van der Waals surface area contributed by atoms with E-state index in [1.54, 1.807) is 32.2 Å². The van der Waals surface area contributed by atoms with Crippen molar-refractivity contribution in [2.45, 2.75) is 20.0 Å². The molecule has 0 amide bonds. The van der Waals surface area contributed by atoms with Gasteiger partial charge in [0.2, 0.25) is 5.82 Å². The Hall–Kier alpha value is -2.29. The predicted molar refractivity (Wildman–Crippen MR) is 79.7 cm³/mol. The molecule has 0 saturated carbocycles. The number of halogens is 1. The summed E-state index contributed by atoms with van der Waals surface area (Å²) in [4.78, 5) is 22.4. The number of nitro groups is 1. The van der Waals surface area contributed by atoms with Crippen LogP contribution in [0.15, 0.2) is 29.1 Å². The first-order valence-corrected chi connectivity index (χ1v) is 6.81. The highest BCUT2D eigenvalue weighted by Gasteiger charge is 2.25. The molecular weight excluding hydrogens is 342 g/mol. The van der Waals surface area contributed by atoms with Gasteiger partial charge in [-0.1, -0.05) is 0 Å². The van der Waals surface area contributed by atoms with Crippen LogP contribution in [0.5, 0.6) is 5.88 Å². The lowest BCUT2D eigenvalue weighted by molar-refractivity contribution is -0.385. The molecule has 0 spiro atoms. The summed E-state index contributed by atoms with van der Waals surface area (Å²) < 4.78 is 6.14. The monoisotopic (exact) mass is 353 g/mol. The van der Waals surface area contributed by atoms with Crippen molar-refractivity contribution < 1.29 is 9.66 Å². The highest BCUT2D eigenvalue weighted by molar-refractivity contribution is 9.10. The number of hydrogen-bond donors (Lipinski definition) is 1. The fourth-order valence-electron chi connectivity index (χ4n) is 1.50. The van der Waals surface area contributed by atoms with Gasteiger partial charge in [-0.15, -0.1) is 0 Å². The first kappa shape index (κ1) is 15.1. The molecule has 2 rings (SSSR count). The summed E-state index contributed by atoms with van der Waals surface area (Å²) >= 11 is 3.26. The molecule has 0 fully saturated rings. The minimum absolute atomic E-state index is 0.0282. The normalized spacial score (nSPS) is 10.5. The smallest absolute Gasteiger partial charge is 0.373 e. The van der Waals surface area contributed by atoms with E-state index < -0.39 is 4.92 Å². The summed E-state index contributed by atoms with van der Waals surface area (Å²) in [7, 11) is 0. The SMILES string of the molecule is CC(C)Oc1ncnc(Nc2ccc(Br)cn2)c1[N+](=O)[O-]. The molecule has 0 atom stereocenters. The van der Waals surface area contributed by atoms with Gasteiger partial charge in [0, 0.05) is 10.7 Å². The molecule has 0 saturated heterocycles. The second-order valence-corrected chi connectivity index (χ2v) is 5.20. The van der Waals surface area contributed by atoms with Crippen molar-refractivity contribution >= 4 is 33.3 Å². The number of nitrogens with zero attached hydrogens (tertiary/aromatic N) is 4. The van der Waals surface area contributed by atoms with E-state index in [1.165, 1.54) is 6.33 Å². The number of rotatable bonds is 5. The van der Waals surface area contributed by atoms with E-state index in [9.17, 15) is 10.1 Å². The van der Waals surface area contributed by atoms with Crippen molar-refractivity contribution in [2.75, 3.05) is 5.32 Å². The van der Waals surface area contributed by atoms with Gasteiger partial charge in [0.15, 0.2) is 0 Å². The molecule has 0 bridgehead atoms. The van der Waals surface area contributed by atoms with E-state index in [0.717, 1.165) is 4.47 Å². The van der Waals surface area contributed by atoms with Crippen LogP contribution >= 0.6 is 15.9 Å². The van der Waals surface area contributed by atoms with Gasteiger partial charge in [0.05, 0.1) is 11.0 Å². The summed E-state index contributed by atoms with van der Waals surface area (Å²) in [5.41, 5.74) is -0.323. The van der Waals surface area contributed by atoms with Crippen LogP contribution in [0.1, 0.15) is 13.8 Å². The molecule has 0 radical (unpaired) electrons. The van der Waals surface area contributed by atoms with Crippen LogP contribution in [0.3, 0.4) is 0 Å². The van der Waals surface area contributed by atoms with Crippen molar-refractivity contribution in [1.82, 2.24) is 15.0 Å². The third kappa shape index (κ3) is 3.85. The maximum atomic E-state index is 11.2. The summed E-state index contributed by atoms with van der Waals surface area (Å²) in [5.74, 6) is 0.376. The Balaban J connectivity index is 2.38. The molecule has 1 N–H and O–H groups in total. The molecule has 0 aromatic carbocycles. The molecule has 0 aliphatic heterocycles. The minimum Gasteiger partial charge on any atom is -0.470 e. The minimum atomic E-state index is -0.584. The first-order valence-electron chi connectivity index (χ1n) is 6.02. The second kappa shape index (κ2) is 6.44. The molecule has 0 unspecified atom stereocenters. The molecule has 110 valence electrons. The van der Waals surface area contributed by atoms with E-state index >= 15 is 0 Å². The average molecular weight is 354 g/mol. The predicted octanol–water partition coefficient (Wildman–Crippen LogP) is 3.07. The fraction of sp³-hybridized carbons (Fsp3) is 0.250. The maximum Gasteiger partial charge on any atom is 0.373 e. The van der Waals surface area contributed by atoms with Crippen LogP contribution in [-0.4, -0.2) is 26.0 Å². The first-order chi connectivity index (χ1) is 9.97. The Labute approximate surface area is 128 Å². The zero-order chi connectivity index (χ0) is 15.4. The van der Waals surface area contributed by atoms with Crippen molar-refractivity contribution in [3.8, 4) is 5.88 Å². The zero-order valence-electron chi connectivity index (χ0n) is 11.3. The largest absolute Gasteiger partial charge is 0.470 e. The van der Waals surface area contributed by atoms with Gasteiger partial charge >= 0.3 is 5.69 Å². The number of ether oxygens (including phenoxy) is 1. The third-order valence-electron chi connectivity index (χ3n) is 2.29. The van der Waals surface area contributed by atoms with Crippen LogP contribution in [0.25, 0.3) is 0 Å². The van der Waals surface area contributed by atoms with E-state index in [1.807, 2.05) is 0 Å². The lowest BCUT2D eigenvalue weighted by Crippen LogP contribution is -2.11. The van der Waals surface area contributed by atoms with Crippen LogP contribution < -0.4 is 10.1 Å². The van der Waals surface area contributed by atoms with Crippen LogP contribution in [-0.2, 0) is 0 Å². The van der Waals surface area contributed by atoms with E-state index in [2.05, 4.69) is 36.2 Å². The summed E-state index contributed by atoms with van der Waals surface area (Å²) in [6.45, 7) is 3.52. The van der Waals surface area contributed by atoms with Crippen LogP contribution in [0, 0.1) is 10.1 Å². The molecule has 21 heavy (non-hydrogen) atoms. The average Bonchev–Trinajstić information content (AvgIpc) is 2.40. The molecule has 2 heterocycles. The van der Waals surface area contributed by atoms with Gasteiger partial charge in [-0.2, -0.15) is 4.98 Å². The van der Waals surface area contributed by atoms with Crippen LogP contribution in [0.4, 0.5) is 17.3 Å². The molecule has 2 aromatic rings. The standard InChI is InChI=1S/C12H12BrN5O3/c1-7(2)21-12-10(18(19)20)11(15-6-16-12)17-9-4-3-8(13)5-14-9/h3-7H,1-2H3,(H,14,15,16,17). The summed E-state index contributed by atoms with van der Waals surface area (Å²) in [6.07, 6.45) is 2.53.